The molecule has 94 valence electrons. The molecule has 1 aromatic carbocycles. The van der Waals surface area contributed by atoms with Gasteiger partial charge in [-0.25, -0.2) is 0 Å². The van der Waals surface area contributed by atoms with Crippen LogP contribution in [0.3, 0.4) is 0 Å². The average molecular weight is 238 g/mol. The predicted molar refractivity (Wildman–Crippen MR) is 67.1 cm³/mol. The van der Waals surface area contributed by atoms with Gasteiger partial charge in [0.2, 0.25) is 5.91 Å². The molecule has 0 bridgehead atoms. The van der Waals surface area contributed by atoms with E-state index in [1.54, 1.807) is 19.2 Å². The number of rotatable bonds is 6. The van der Waals surface area contributed by atoms with Gasteiger partial charge in [0.1, 0.15) is 0 Å². The molecular formula is C12H18N2O3. The van der Waals surface area contributed by atoms with Crippen molar-refractivity contribution in [2.24, 2.45) is 0 Å². The van der Waals surface area contributed by atoms with Crippen molar-refractivity contribution in [2.75, 3.05) is 30.9 Å². The molecule has 1 rings (SSSR count). The molecule has 1 atom stereocenters. The Bertz CT molecular complexity index is 351. The van der Waals surface area contributed by atoms with Crippen molar-refractivity contribution >= 4 is 17.3 Å². The quantitative estimate of drug-likeness (QED) is 0.693. The monoisotopic (exact) mass is 238 g/mol. The highest BCUT2D eigenvalue weighted by molar-refractivity contribution is 5.88. The summed E-state index contributed by atoms with van der Waals surface area (Å²) < 4.78 is 4.82. The van der Waals surface area contributed by atoms with Crippen LogP contribution in [0.25, 0.3) is 0 Å². The van der Waals surface area contributed by atoms with Gasteiger partial charge in [-0.3, -0.25) is 4.79 Å². The SMILES string of the molecule is COCC(O)CNc1ccc(NC(C)=O)cc1. The molecule has 1 aromatic rings. The second-order valence-corrected chi connectivity index (χ2v) is 3.75. The molecule has 1 unspecified atom stereocenters. The molecule has 0 saturated heterocycles. The summed E-state index contributed by atoms with van der Waals surface area (Å²) in [6.07, 6.45) is -0.532. The molecule has 0 aliphatic rings. The molecule has 0 spiro atoms. The van der Waals surface area contributed by atoms with Gasteiger partial charge in [-0.2, -0.15) is 0 Å². The number of aliphatic hydroxyl groups is 1. The molecule has 5 heteroatoms. The summed E-state index contributed by atoms with van der Waals surface area (Å²) in [7, 11) is 1.55. The smallest absolute Gasteiger partial charge is 0.221 e. The van der Waals surface area contributed by atoms with E-state index in [9.17, 15) is 9.90 Å². The second-order valence-electron chi connectivity index (χ2n) is 3.75. The van der Waals surface area contributed by atoms with Crippen LogP contribution in [-0.4, -0.2) is 37.4 Å². The van der Waals surface area contributed by atoms with Crippen LogP contribution >= 0.6 is 0 Å². The molecule has 3 N–H and O–H groups in total. The van der Waals surface area contributed by atoms with Crippen molar-refractivity contribution in [1.29, 1.82) is 0 Å². The number of methoxy groups -OCH3 is 1. The van der Waals surface area contributed by atoms with Gasteiger partial charge in [-0.15, -0.1) is 0 Å². The third kappa shape index (κ3) is 5.33. The van der Waals surface area contributed by atoms with E-state index in [0.29, 0.717) is 13.2 Å². The van der Waals surface area contributed by atoms with E-state index in [-0.39, 0.29) is 5.91 Å². The lowest BCUT2D eigenvalue weighted by atomic mass is 10.2. The van der Waals surface area contributed by atoms with Crippen LogP contribution in [0.1, 0.15) is 6.92 Å². The summed E-state index contributed by atoms with van der Waals surface area (Å²) in [6.45, 7) is 2.19. The number of hydrogen-bond acceptors (Lipinski definition) is 4. The summed E-state index contributed by atoms with van der Waals surface area (Å²) >= 11 is 0. The molecular weight excluding hydrogens is 220 g/mol. The highest BCUT2D eigenvalue weighted by Crippen LogP contribution is 2.13. The van der Waals surface area contributed by atoms with Crippen molar-refractivity contribution in [3.8, 4) is 0 Å². The van der Waals surface area contributed by atoms with E-state index < -0.39 is 6.10 Å². The fraction of sp³-hybridized carbons (Fsp3) is 0.417. The fourth-order valence-electron chi connectivity index (χ4n) is 1.36. The van der Waals surface area contributed by atoms with Gasteiger partial charge in [0, 0.05) is 32.0 Å². The molecule has 1 amide bonds. The minimum absolute atomic E-state index is 0.0961. The zero-order chi connectivity index (χ0) is 12.7. The summed E-state index contributed by atoms with van der Waals surface area (Å²) in [5.41, 5.74) is 1.63. The van der Waals surface area contributed by atoms with E-state index in [2.05, 4.69) is 10.6 Å². The average Bonchev–Trinajstić information content (AvgIpc) is 2.28. The molecule has 5 nitrogen and oxygen atoms in total. The van der Waals surface area contributed by atoms with E-state index >= 15 is 0 Å². The zero-order valence-corrected chi connectivity index (χ0v) is 10.1. The summed E-state index contributed by atoms with van der Waals surface area (Å²) in [5, 5.41) is 15.2. The molecule has 0 radical (unpaired) electrons. The fourth-order valence-corrected chi connectivity index (χ4v) is 1.36. The van der Waals surface area contributed by atoms with Crippen LogP contribution in [0, 0.1) is 0 Å². The number of nitrogens with one attached hydrogen (secondary N) is 2. The molecule has 0 aliphatic carbocycles. The first-order valence-electron chi connectivity index (χ1n) is 5.40. The maximum atomic E-state index is 10.8. The normalized spacial score (nSPS) is 11.9. The topological polar surface area (TPSA) is 70.6 Å². The number of carbonyl (C=O) groups is 1. The van der Waals surface area contributed by atoms with Crippen LogP contribution in [0.4, 0.5) is 11.4 Å². The first-order chi connectivity index (χ1) is 8.11. The van der Waals surface area contributed by atoms with Gasteiger partial charge in [0.15, 0.2) is 0 Å². The van der Waals surface area contributed by atoms with Crippen molar-refractivity contribution in [1.82, 2.24) is 0 Å². The largest absolute Gasteiger partial charge is 0.389 e. The Hall–Kier alpha value is -1.59. The van der Waals surface area contributed by atoms with Gasteiger partial charge >= 0.3 is 0 Å². The summed E-state index contributed by atoms with van der Waals surface area (Å²) in [6, 6.07) is 7.27. The van der Waals surface area contributed by atoms with Gasteiger partial charge < -0.3 is 20.5 Å². The zero-order valence-electron chi connectivity index (χ0n) is 10.1. The number of carbonyl (C=O) groups excluding carboxylic acids is 1. The standard InChI is InChI=1S/C12H18N2O3/c1-9(15)14-11-5-3-10(4-6-11)13-7-12(16)8-17-2/h3-6,12-13,16H,7-8H2,1-2H3,(H,14,15). The molecule has 17 heavy (non-hydrogen) atoms. The lowest BCUT2D eigenvalue weighted by molar-refractivity contribution is -0.114. The van der Waals surface area contributed by atoms with Crippen molar-refractivity contribution in [3.05, 3.63) is 24.3 Å². The van der Waals surface area contributed by atoms with E-state index in [1.165, 1.54) is 6.92 Å². The Morgan fingerprint density at radius 2 is 1.94 bits per heavy atom. The third-order valence-electron chi connectivity index (χ3n) is 2.11. The number of amides is 1. The maximum Gasteiger partial charge on any atom is 0.221 e. The van der Waals surface area contributed by atoms with Crippen molar-refractivity contribution < 1.29 is 14.6 Å². The van der Waals surface area contributed by atoms with E-state index in [0.717, 1.165) is 11.4 Å². The Kier molecular flexibility index (Phi) is 5.45. The highest BCUT2D eigenvalue weighted by atomic mass is 16.5. The maximum absolute atomic E-state index is 10.8. The number of aliphatic hydroxyl groups excluding tert-OH is 1. The lowest BCUT2D eigenvalue weighted by Crippen LogP contribution is -2.24. The Balaban J connectivity index is 2.42. The van der Waals surface area contributed by atoms with Gasteiger partial charge in [0.05, 0.1) is 12.7 Å². The highest BCUT2D eigenvalue weighted by Gasteiger charge is 2.02. The van der Waals surface area contributed by atoms with Crippen molar-refractivity contribution in [2.45, 2.75) is 13.0 Å². The molecule has 0 saturated carbocycles. The number of hydrogen-bond donors (Lipinski definition) is 3. The van der Waals surface area contributed by atoms with Crippen LogP contribution in [0.2, 0.25) is 0 Å². The van der Waals surface area contributed by atoms with E-state index in [1.807, 2.05) is 12.1 Å². The first kappa shape index (κ1) is 13.5. The first-order valence-corrected chi connectivity index (χ1v) is 5.40. The molecule has 0 fully saturated rings. The Morgan fingerprint density at radius 1 is 1.35 bits per heavy atom. The van der Waals surface area contributed by atoms with Gasteiger partial charge in [-0.1, -0.05) is 0 Å². The summed E-state index contributed by atoms with van der Waals surface area (Å²) in [4.78, 5) is 10.8. The van der Waals surface area contributed by atoms with Crippen molar-refractivity contribution in [3.63, 3.8) is 0 Å². The number of ether oxygens (including phenoxy) is 1. The second kappa shape index (κ2) is 6.88. The molecule has 0 aromatic heterocycles. The van der Waals surface area contributed by atoms with Crippen LogP contribution < -0.4 is 10.6 Å². The minimum Gasteiger partial charge on any atom is -0.389 e. The Labute approximate surface area is 101 Å². The molecule has 0 aliphatic heterocycles. The van der Waals surface area contributed by atoms with Crippen LogP contribution in [0.5, 0.6) is 0 Å². The number of benzene rings is 1. The Morgan fingerprint density at radius 3 is 2.47 bits per heavy atom. The number of anilines is 2. The predicted octanol–water partition coefficient (Wildman–Crippen LogP) is 1.06. The van der Waals surface area contributed by atoms with Crippen LogP contribution in [-0.2, 0) is 9.53 Å². The van der Waals surface area contributed by atoms with Crippen LogP contribution in [0.15, 0.2) is 24.3 Å². The molecule has 0 heterocycles. The minimum atomic E-state index is -0.532. The third-order valence-corrected chi connectivity index (χ3v) is 2.11. The van der Waals surface area contributed by atoms with Gasteiger partial charge in [0.25, 0.3) is 0 Å². The van der Waals surface area contributed by atoms with E-state index in [4.69, 9.17) is 4.74 Å². The van der Waals surface area contributed by atoms with Gasteiger partial charge in [-0.05, 0) is 24.3 Å². The summed E-state index contributed by atoms with van der Waals surface area (Å²) in [5.74, 6) is -0.0961. The lowest BCUT2D eigenvalue weighted by Gasteiger charge is -2.12.